The van der Waals surface area contributed by atoms with E-state index in [4.69, 9.17) is 10.5 Å². The molecule has 0 aromatic heterocycles. The van der Waals surface area contributed by atoms with Gasteiger partial charge in [0.1, 0.15) is 5.75 Å². The highest BCUT2D eigenvalue weighted by Gasteiger charge is 2.37. The maximum atomic E-state index is 6.12. The van der Waals surface area contributed by atoms with Crippen molar-refractivity contribution in [3.8, 4) is 5.75 Å². The van der Waals surface area contributed by atoms with Crippen LogP contribution in [-0.4, -0.2) is 11.6 Å². The van der Waals surface area contributed by atoms with E-state index in [9.17, 15) is 0 Å². The van der Waals surface area contributed by atoms with Gasteiger partial charge < -0.3 is 10.5 Å². The molecule has 2 N–H and O–H groups in total. The van der Waals surface area contributed by atoms with Crippen molar-refractivity contribution in [2.75, 3.05) is 0 Å². The molecule has 0 aliphatic heterocycles. The van der Waals surface area contributed by atoms with Crippen LogP contribution in [-0.2, 0) is 6.42 Å². The van der Waals surface area contributed by atoms with E-state index < -0.39 is 0 Å². The van der Waals surface area contributed by atoms with Gasteiger partial charge in [0.25, 0.3) is 0 Å². The lowest BCUT2D eigenvalue weighted by Crippen LogP contribution is -2.22. The minimum atomic E-state index is 0.146. The third kappa shape index (κ3) is 2.38. The minimum Gasteiger partial charge on any atom is -0.490 e. The van der Waals surface area contributed by atoms with Crippen LogP contribution in [0.2, 0.25) is 0 Å². The molecule has 0 atom stereocenters. The number of hydrogen-bond acceptors (Lipinski definition) is 2. The van der Waals surface area contributed by atoms with Crippen molar-refractivity contribution in [2.24, 2.45) is 5.73 Å². The van der Waals surface area contributed by atoms with Crippen molar-refractivity contribution in [3.05, 3.63) is 29.8 Å². The molecule has 2 aliphatic rings. The summed E-state index contributed by atoms with van der Waals surface area (Å²) >= 11 is 0. The highest BCUT2D eigenvalue weighted by atomic mass is 16.5. The molecule has 86 valence electrons. The van der Waals surface area contributed by atoms with E-state index >= 15 is 0 Å². The van der Waals surface area contributed by atoms with Crippen LogP contribution in [0.5, 0.6) is 5.75 Å². The molecule has 2 fully saturated rings. The van der Waals surface area contributed by atoms with Crippen molar-refractivity contribution in [2.45, 2.75) is 50.2 Å². The number of aryl methyl sites for hydroxylation is 1. The molecule has 0 bridgehead atoms. The van der Waals surface area contributed by atoms with E-state index in [0.717, 1.165) is 18.6 Å². The fourth-order valence-electron chi connectivity index (χ4n) is 1.98. The van der Waals surface area contributed by atoms with E-state index in [1.165, 1.54) is 31.2 Å². The van der Waals surface area contributed by atoms with Gasteiger partial charge in [-0.2, -0.15) is 0 Å². The van der Waals surface area contributed by atoms with Crippen molar-refractivity contribution in [3.63, 3.8) is 0 Å². The predicted octanol–water partition coefficient (Wildman–Crippen LogP) is 2.65. The normalized spacial score (nSPS) is 21.8. The summed E-state index contributed by atoms with van der Waals surface area (Å²) in [5, 5.41) is 0. The molecule has 1 aromatic rings. The van der Waals surface area contributed by atoms with Gasteiger partial charge in [0.2, 0.25) is 0 Å². The van der Waals surface area contributed by atoms with Gasteiger partial charge in [-0.15, -0.1) is 0 Å². The second-order valence-corrected chi connectivity index (χ2v) is 5.29. The highest BCUT2D eigenvalue weighted by molar-refractivity contribution is 5.34. The first kappa shape index (κ1) is 10.2. The van der Waals surface area contributed by atoms with Crippen LogP contribution in [0.4, 0.5) is 0 Å². The van der Waals surface area contributed by atoms with Crippen LogP contribution in [0.25, 0.3) is 0 Å². The predicted molar refractivity (Wildman–Crippen MR) is 64.6 cm³/mol. The fourth-order valence-corrected chi connectivity index (χ4v) is 1.98. The van der Waals surface area contributed by atoms with Crippen LogP contribution in [0.1, 0.15) is 37.7 Å². The Kier molecular flexibility index (Phi) is 2.40. The van der Waals surface area contributed by atoms with Crippen LogP contribution in [0.15, 0.2) is 24.3 Å². The van der Waals surface area contributed by atoms with Crippen LogP contribution < -0.4 is 10.5 Å². The SMILES string of the molecule is NC1(CCc2ccccc2OC2CC2)CC1. The lowest BCUT2D eigenvalue weighted by molar-refractivity contribution is 0.299. The van der Waals surface area contributed by atoms with Crippen molar-refractivity contribution in [1.29, 1.82) is 0 Å². The quantitative estimate of drug-likeness (QED) is 0.823. The Bertz CT molecular complexity index is 380. The van der Waals surface area contributed by atoms with Crippen LogP contribution >= 0.6 is 0 Å². The zero-order chi connectivity index (χ0) is 11.0. The minimum absolute atomic E-state index is 0.146. The molecule has 0 spiro atoms. The Labute approximate surface area is 96.8 Å². The van der Waals surface area contributed by atoms with Gasteiger partial charge in [0.15, 0.2) is 0 Å². The zero-order valence-corrected chi connectivity index (χ0v) is 9.61. The average Bonchev–Trinajstić information content (AvgIpc) is 3.17. The molecule has 2 nitrogen and oxygen atoms in total. The summed E-state index contributed by atoms with van der Waals surface area (Å²) in [4.78, 5) is 0. The molecule has 0 unspecified atom stereocenters. The summed E-state index contributed by atoms with van der Waals surface area (Å²) in [7, 11) is 0. The summed E-state index contributed by atoms with van der Waals surface area (Å²) in [6.07, 6.45) is 7.45. The summed E-state index contributed by atoms with van der Waals surface area (Å²) in [6, 6.07) is 8.40. The van der Waals surface area contributed by atoms with Crippen LogP contribution in [0, 0.1) is 0 Å². The largest absolute Gasteiger partial charge is 0.490 e. The van der Waals surface area contributed by atoms with E-state index in [2.05, 4.69) is 24.3 Å². The topological polar surface area (TPSA) is 35.2 Å². The third-order valence-corrected chi connectivity index (χ3v) is 3.58. The van der Waals surface area contributed by atoms with E-state index in [1.807, 2.05) is 0 Å². The first-order valence-corrected chi connectivity index (χ1v) is 6.29. The average molecular weight is 217 g/mol. The molecule has 0 heterocycles. The Balaban J connectivity index is 1.66. The number of nitrogens with two attached hydrogens (primary N) is 1. The van der Waals surface area contributed by atoms with E-state index in [0.29, 0.717) is 6.10 Å². The van der Waals surface area contributed by atoms with E-state index in [-0.39, 0.29) is 5.54 Å². The standard InChI is InChI=1S/C14H19NO/c15-14(9-10-14)8-7-11-3-1-2-4-13(11)16-12-5-6-12/h1-4,12H,5-10,15H2. The molecule has 2 aliphatic carbocycles. The summed E-state index contributed by atoms with van der Waals surface area (Å²) < 4.78 is 5.90. The summed E-state index contributed by atoms with van der Waals surface area (Å²) in [5.41, 5.74) is 7.59. The van der Waals surface area contributed by atoms with Crippen molar-refractivity contribution in [1.82, 2.24) is 0 Å². The van der Waals surface area contributed by atoms with Gasteiger partial charge in [-0.25, -0.2) is 0 Å². The maximum absolute atomic E-state index is 6.12. The monoisotopic (exact) mass is 217 g/mol. The molecule has 2 heteroatoms. The zero-order valence-electron chi connectivity index (χ0n) is 9.61. The van der Waals surface area contributed by atoms with Crippen LogP contribution in [0.3, 0.4) is 0 Å². The second-order valence-electron chi connectivity index (χ2n) is 5.29. The van der Waals surface area contributed by atoms with Gasteiger partial charge >= 0.3 is 0 Å². The Hall–Kier alpha value is -1.02. The number of para-hydroxylation sites is 1. The first-order chi connectivity index (χ1) is 7.75. The Morgan fingerprint density at radius 2 is 2.00 bits per heavy atom. The molecule has 3 rings (SSSR count). The van der Waals surface area contributed by atoms with Gasteiger partial charge in [-0.1, -0.05) is 18.2 Å². The lowest BCUT2D eigenvalue weighted by atomic mass is 10.0. The number of ether oxygens (including phenoxy) is 1. The molecule has 0 saturated heterocycles. The second kappa shape index (κ2) is 3.77. The van der Waals surface area contributed by atoms with Crippen molar-refractivity contribution < 1.29 is 4.74 Å². The number of rotatable bonds is 5. The van der Waals surface area contributed by atoms with Gasteiger partial charge in [-0.05, 0) is 50.2 Å². The Morgan fingerprint density at radius 1 is 1.25 bits per heavy atom. The Morgan fingerprint density at radius 3 is 2.69 bits per heavy atom. The maximum Gasteiger partial charge on any atom is 0.122 e. The molecule has 1 aromatic carbocycles. The highest BCUT2D eigenvalue weighted by Crippen LogP contribution is 2.38. The van der Waals surface area contributed by atoms with E-state index in [1.54, 1.807) is 0 Å². The molecule has 0 radical (unpaired) electrons. The number of benzene rings is 1. The summed E-state index contributed by atoms with van der Waals surface area (Å²) in [5.74, 6) is 1.08. The summed E-state index contributed by atoms with van der Waals surface area (Å²) in [6.45, 7) is 0. The molecular formula is C14H19NO. The molecule has 16 heavy (non-hydrogen) atoms. The van der Waals surface area contributed by atoms with Gasteiger partial charge in [0.05, 0.1) is 6.10 Å². The molecule has 2 saturated carbocycles. The van der Waals surface area contributed by atoms with Gasteiger partial charge in [-0.3, -0.25) is 0 Å². The number of hydrogen-bond donors (Lipinski definition) is 1. The first-order valence-electron chi connectivity index (χ1n) is 6.29. The third-order valence-electron chi connectivity index (χ3n) is 3.58. The van der Waals surface area contributed by atoms with Crippen molar-refractivity contribution >= 4 is 0 Å². The fraction of sp³-hybridized carbons (Fsp3) is 0.571. The molecule has 0 amide bonds. The van der Waals surface area contributed by atoms with Gasteiger partial charge in [0, 0.05) is 5.54 Å². The smallest absolute Gasteiger partial charge is 0.122 e. The molecular weight excluding hydrogens is 198 g/mol. The lowest BCUT2D eigenvalue weighted by Gasteiger charge is -2.12.